The standard InChI is InChI=1S/C15H21BrN2O/c1-2-18(12-6-4-3-5-7-12)15(19)11-8-9-13(16)14(17)10-11/h8-10,12H,2-7,17H2,1H3. The van der Waals surface area contributed by atoms with Gasteiger partial charge >= 0.3 is 0 Å². The lowest BCUT2D eigenvalue weighted by atomic mass is 9.93. The maximum Gasteiger partial charge on any atom is 0.254 e. The van der Waals surface area contributed by atoms with Gasteiger partial charge in [0.25, 0.3) is 5.91 Å². The molecule has 0 aromatic heterocycles. The monoisotopic (exact) mass is 324 g/mol. The van der Waals surface area contributed by atoms with E-state index in [-0.39, 0.29) is 5.91 Å². The van der Waals surface area contributed by atoms with Crippen molar-refractivity contribution >= 4 is 27.5 Å². The van der Waals surface area contributed by atoms with E-state index in [1.165, 1.54) is 19.3 Å². The average Bonchev–Trinajstić information content (AvgIpc) is 2.44. The largest absolute Gasteiger partial charge is 0.398 e. The van der Waals surface area contributed by atoms with Gasteiger partial charge in [0.15, 0.2) is 0 Å². The Morgan fingerprint density at radius 2 is 2.05 bits per heavy atom. The van der Waals surface area contributed by atoms with Crippen LogP contribution in [-0.2, 0) is 0 Å². The summed E-state index contributed by atoms with van der Waals surface area (Å²) >= 11 is 3.36. The molecule has 19 heavy (non-hydrogen) atoms. The Morgan fingerprint density at radius 1 is 1.37 bits per heavy atom. The van der Waals surface area contributed by atoms with Crippen molar-refractivity contribution in [3.8, 4) is 0 Å². The molecule has 0 spiro atoms. The van der Waals surface area contributed by atoms with E-state index in [2.05, 4.69) is 22.9 Å². The highest BCUT2D eigenvalue weighted by atomic mass is 79.9. The minimum absolute atomic E-state index is 0.105. The molecule has 1 saturated carbocycles. The van der Waals surface area contributed by atoms with Gasteiger partial charge < -0.3 is 10.6 Å². The van der Waals surface area contributed by atoms with E-state index < -0.39 is 0 Å². The first-order chi connectivity index (χ1) is 9.13. The van der Waals surface area contributed by atoms with Gasteiger partial charge in [0, 0.05) is 28.3 Å². The van der Waals surface area contributed by atoms with E-state index in [0.717, 1.165) is 23.9 Å². The fraction of sp³-hybridized carbons (Fsp3) is 0.533. The van der Waals surface area contributed by atoms with E-state index in [9.17, 15) is 4.79 Å². The molecule has 0 bridgehead atoms. The number of benzene rings is 1. The number of amides is 1. The molecule has 2 rings (SSSR count). The van der Waals surface area contributed by atoms with Crippen molar-refractivity contribution in [1.82, 2.24) is 4.90 Å². The van der Waals surface area contributed by atoms with Crippen molar-refractivity contribution < 1.29 is 4.79 Å². The number of halogens is 1. The molecule has 3 nitrogen and oxygen atoms in total. The van der Waals surface area contributed by atoms with Crippen LogP contribution in [0, 0.1) is 0 Å². The van der Waals surface area contributed by atoms with Crippen LogP contribution in [0.5, 0.6) is 0 Å². The van der Waals surface area contributed by atoms with Gasteiger partial charge in [0.05, 0.1) is 0 Å². The lowest BCUT2D eigenvalue weighted by Gasteiger charge is -2.33. The topological polar surface area (TPSA) is 46.3 Å². The molecule has 104 valence electrons. The van der Waals surface area contributed by atoms with Crippen molar-refractivity contribution in [3.63, 3.8) is 0 Å². The van der Waals surface area contributed by atoms with Gasteiger partial charge in [-0.1, -0.05) is 19.3 Å². The Morgan fingerprint density at radius 3 is 2.63 bits per heavy atom. The maximum absolute atomic E-state index is 12.6. The first-order valence-corrected chi connectivity index (χ1v) is 7.78. The Labute approximate surface area is 123 Å². The molecule has 0 atom stereocenters. The van der Waals surface area contributed by atoms with Crippen LogP contribution in [0.3, 0.4) is 0 Å². The normalized spacial score (nSPS) is 16.3. The number of nitrogen functional groups attached to an aromatic ring is 1. The number of carbonyl (C=O) groups excluding carboxylic acids is 1. The van der Waals surface area contributed by atoms with Crippen molar-refractivity contribution in [1.29, 1.82) is 0 Å². The Balaban J connectivity index is 2.17. The Hall–Kier alpha value is -1.03. The van der Waals surface area contributed by atoms with Crippen LogP contribution in [0.2, 0.25) is 0 Å². The molecular formula is C15H21BrN2O. The van der Waals surface area contributed by atoms with E-state index in [1.807, 2.05) is 17.0 Å². The maximum atomic E-state index is 12.6. The van der Waals surface area contributed by atoms with E-state index >= 15 is 0 Å². The fourth-order valence-corrected chi connectivity index (χ4v) is 3.05. The summed E-state index contributed by atoms with van der Waals surface area (Å²) in [5.41, 5.74) is 7.17. The third-order valence-corrected chi connectivity index (χ3v) is 4.58. The molecule has 4 heteroatoms. The molecule has 0 unspecified atom stereocenters. The van der Waals surface area contributed by atoms with E-state index in [4.69, 9.17) is 5.73 Å². The molecule has 0 heterocycles. The second kappa shape index (κ2) is 6.42. The first kappa shape index (κ1) is 14.4. The number of rotatable bonds is 3. The van der Waals surface area contributed by atoms with Gasteiger partial charge in [-0.2, -0.15) is 0 Å². The van der Waals surface area contributed by atoms with Gasteiger partial charge in [-0.25, -0.2) is 0 Å². The third-order valence-electron chi connectivity index (χ3n) is 3.86. The zero-order valence-electron chi connectivity index (χ0n) is 11.4. The minimum Gasteiger partial charge on any atom is -0.398 e. The highest BCUT2D eigenvalue weighted by Gasteiger charge is 2.25. The zero-order valence-corrected chi connectivity index (χ0v) is 12.9. The lowest BCUT2D eigenvalue weighted by Crippen LogP contribution is -2.41. The van der Waals surface area contributed by atoms with Gasteiger partial charge in [-0.15, -0.1) is 0 Å². The summed E-state index contributed by atoms with van der Waals surface area (Å²) in [4.78, 5) is 14.6. The van der Waals surface area contributed by atoms with Crippen molar-refractivity contribution in [2.24, 2.45) is 0 Å². The molecule has 1 amide bonds. The molecule has 1 aromatic rings. The van der Waals surface area contributed by atoms with E-state index in [0.29, 0.717) is 17.3 Å². The lowest BCUT2D eigenvalue weighted by molar-refractivity contribution is 0.0648. The van der Waals surface area contributed by atoms with Crippen LogP contribution in [-0.4, -0.2) is 23.4 Å². The van der Waals surface area contributed by atoms with Gasteiger partial charge in [-0.3, -0.25) is 4.79 Å². The summed E-state index contributed by atoms with van der Waals surface area (Å²) in [5.74, 6) is 0.105. The zero-order chi connectivity index (χ0) is 13.8. The second-order valence-electron chi connectivity index (χ2n) is 5.12. The smallest absolute Gasteiger partial charge is 0.254 e. The van der Waals surface area contributed by atoms with Crippen LogP contribution in [0.15, 0.2) is 22.7 Å². The van der Waals surface area contributed by atoms with Crippen LogP contribution < -0.4 is 5.73 Å². The molecule has 0 saturated heterocycles. The predicted octanol–water partition coefficient (Wildman–Crippen LogP) is 3.83. The highest BCUT2D eigenvalue weighted by molar-refractivity contribution is 9.10. The third kappa shape index (κ3) is 3.30. The van der Waals surface area contributed by atoms with Gasteiger partial charge in [0.2, 0.25) is 0 Å². The summed E-state index contributed by atoms with van der Waals surface area (Å²) in [6.45, 7) is 2.81. The van der Waals surface area contributed by atoms with Crippen LogP contribution in [0.4, 0.5) is 5.69 Å². The minimum atomic E-state index is 0.105. The van der Waals surface area contributed by atoms with Crippen molar-refractivity contribution in [2.45, 2.75) is 45.1 Å². The molecule has 0 radical (unpaired) electrons. The van der Waals surface area contributed by atoms with Crippen LogP contribution in [0.1, 0.15) is 49.4 Å². The molecule has 0 aliphatic heterocycles. The Kier molecular flexibility index (Phi) is 4.86. The summed E-state index contributed by atoms with van der Waals surface area (Å²) in [6.07, 6.45) is 6.03. The van der Waals surface area contributed by atoms with Gasteiger partial charge in [0.1, 0.15) is 0 Å². The highest BCUT2D eigenvalue weighted by Crippen LogP contribution is 2.25. The van der Waals surface area contributed by atoms with Crippen LogP contribution >= 0.6 is 15.9 Å². The summed E-state index contributed by atoms with van der Waals surface area (Å²) in [5, 5.41) is 0. The Bertz CT molecular complexity index is 455. The first-order valence-electron chi connectivity index (χ1n) is 6.99. The summed E-state index contributed by atoms with van der Waals surface area (Å²) in [7, 11) is 0. The number of carbonyl (C=O) groups is 1. The average molecular weight is 325 g/mol. The fourth-order valence-electron chi connectivity index (χ4n) is 2.80. The number of hydrogen-bond donors (Lipinski definition) is 1. The predicted molar refractivity (Wildman–Crippen MR) is 82.1 cm³/mol. The molecule has 1 aromatic carbocycles. The number of anilines is 1. The van der Waals surface area contributed by atoms with E-state index in [1.54, 1.807) is 6.07 Å². The van der Waals surface area contributed by atoms with Crippen LogP contribution in [0.25, 0.3) is 0 Å². The molecule has 2 N–H and O–H groups in total. The number of hydrogen-bond acceptors (Lipinski definition) is 2. The molecule has 1 aliphatic rings. The second-order valence-corrected chi connectivity index (χ2v) is 5.97. The van der Waals surface area contributed by atoms with Crippen molar-refractivity contribution in [3.05, 3.63) is 28.2 Å². The van der Waals surface area contributed by atoms with Gasteiger partial charge in [-0.05, 0) is 53.9 Å². The molecule has 1 fully saturated rings. The summed E-state index contributed by atoms with van der Waals surface area (Å²) in [6, 6.07) is 5.85. The molecular weight excluding hydrogens is 304 g/mol. The summed E-state index contributed by atoms with van der Waals surface area (Å²) < 4.78 is 0.838. The number of nitrogens with zero attached hydrogens (tertiary/aromatic N) is 1. The SMILES string of the molecule is CCN(C(=O)c1ccc(Br)c(N)c1)C1CCCCC1. The van der Waals surface area contributed by atoms with Crippen molar-refractivity contribution in [2.75, 3.05) is 12.3 Å². The quantitative estimate of drug-likeness (QED) is 0.859. The number of nitrogens with two attached hydrogens (primary N) is 1. The molecule has 1 aliphatic carbocycles.